The Morgan fingerprint density at radius 2 is 1.35 bits per heavy atom. The van der Waals surface area contributed by atoms with Crippen LogP contribution in [-0.2, 0) is 17.3 Å². The molecular weight excluding hydrogens is 391 g/mol. The summed E-state index contributed by atoms with van der Waals surface area (Å²) in [5.74, 6) is 0. The van der Waals surface area contributed by atoms with E-state index in [4.69, 9.17) is 0 Å². The molecule has 0 amide bonds. The van der Waals surface area contributed by atoms with Crippen molar-refractivity contribution in [1.82, 2.24) is 0 Å². The van der Waals surface area contributed by atoms with Crippen LogP contribution in [0.5, 0.6) is 0 Å². The van der Waals surface area contributed by atoms with Gasteiger partial charge in [0.25, 0.3) is 0 Å². The first-order valence-electron chi connectivity index (χ1n) is 8.28. The molecule has 0 atom stereocenters. The van der Waals surface area contributed by atoms with Gasteiger partial charge in [-0.1, -0.05) is 64.1 Å². The number of hydrogen-bond acceptors (Lipinski definition) is 0. The maximum atomic E-state index is 2.45. The second kappa shape index (κ2) is 5.77. The molecule has 120 valence electrons. The Hall–Kier alpha value is -1.09. The Kier molecular flexibility index (Phi) is 4.20. The first kappa shape index (κ1) is 16.8. The molecule has 0 fully saturated rings. The van der Waals surface area contributed by atoms with Crippen LogP contribution in [-0.4, -0.2) is 0 Å². The summed E-state index contributed by atoms with van der Waals surface area (Å²) in [4.78, 5) is 0. The summed E-state index contributed by atoms with van der Waals surface area (Å²) in [5, 5.41) is 0. The SMILES string of the molecule is Cc1cc2c(cc1Cc1ccc(I)cc1)C(C)(C)C=CC2(C)C. The van der Waals surface area contributed by atoms with Gasteiger partial charge in [0.15, 0.2) is 0 Å². The molecule has 0 bridgehead atoms. The van der Waals surface area contributed by atoms with Crippen LogP contribution in [0.15, 0.2) is 48.6 Å². The Morgan fingerprint density at radius 3 is 1.91 bits per heavy atom. The summed E-state index contributed by atoms with van der Waals surface area (Å²) < 4.78 is 1.29. The molecule has 1 aliphatic rings. The predicted octanol–water partition coefficient (Wildman–Crippen LogP) is 6.32. The van der Waals surface area contributed by atoms with Gasteiger partial charge in [0.2, 0.25) is 0 Å². The summed E-state index contributed by atoms with van der Waals surface area (Å²) in [7, 11) is 0. The van der Waals surface area contributed by atoms with E-state index in [9.17, 15) is 0 Å². The van der Waals surface area contributed by atoms with Crippen molar-refractivity contribution < 1.29 is 0 Å². The molecule has 0 N–H and O–H groups in total. The average molecular weight is 416 g/mol. The predicted molar refractivity (Wildman–Crippen MR) is 108 cm³/mol. The molecule has 1 heteroatoms. The van der Waals surface area contributed by atoms with Crippen LogP contribution in [0.2, 0.25) is 0 Å². The molecule has 2 aromatic rings. The van der Waals surface area contributed by atoms with Gasteiger partial charge in [-0.25, -0.2) is 0 Å². The van der Waals surface area contributed by atoms with E-state index in [2.05, 4.69) is 106 Å². The standard InChI is InChI=1S/C22H25I/c1-15-12-19-20(22(4,5)11-10-21(19,2)3)14-17(15)13-16-6-8-18(23)9-7-16/h6-12,14H,13H2,1-5H3. The van der Waals surface area contributed by atoms with Gasteiger partial charge in [0, 0.05) is 14.4 Å². The van der Waals surface area contributed by atoms with Gasteiger partial charge in [-0.2, -0.15) is 0 Å². The van der Waals surface area contributed by atoms with Gasteiger partial charge in [0.05, 0.1) is 0 Å². The lowest BCUT2D eigenvalue weighted by Crippen LogP contribution is -2.29. The van der Waals surface area contributed by atoms with Crippen molar-refractivity contribution in [1.29, 1.82) is 0 Å². The van der Waals surface area contributed by atoms with Gasteiger partial charge in [-0.15, -0.1) is 0 Å². The third-order valence-electron chi connectivity index (χ3n) is 5.09. The molecule has 0 nitrogen and oxygen atoms in total. The van der Waals surface area contributed by atoms with Crippen molar-refractivity contribution >= 4 is 22.6 Å². The van der Waals surface area contributed by atoms with Crippen molar-refractivity contribution in [2.75, 3.05) is 0 Å². The average Bonchev–Trinajstić information content (AvgIpc) is 2.48. The topological polar surface area (TPSA) is 0 Å². The van der Waals surface area contributed by atoms with Gasteiger partial charge in [-0.3, -0.25) is 0 Å². The molecule has 2 aromatic carbocycles. The lowest BCUT2D eigenvalue weighted by molar-refractivity contribution is 0.562. The molecule has 1 aliphatic carbocycles. The third kappa shape index (κ3) is 3.26. The van der Waals surface area contributed by atoms with Gasteiger partial charge in [-0.05, 0) is 75.9 Å². The minimum atomic E-state index is 0.110. The fourth-order valence-electron chi connectivity index (χ4n) is 3.43. The van der Waals surface area contributed by atoms with Crippen LogP contribution < -0.4 is 0 Å². The summed E-state index contributed by atoms with van der Waals surface area (Å²) in [6, 6.07) is 13.8. The van der Waals surface area contributed by atoms with Crippen LogP contribution in [0.4, 0.5) is 0 Å². The van der Waals surface area contributed by atoms with E-state index in [0.717, 1.165) is 6.42 Å². The number of allylic oxidation sites excluding steroid dienone is 2. The smallest absolute Gasteiger partial charge is 0.0130 e. The highest BCUT2D eigenvalue weighted by atomic mass is 127. The fraction of sp³-hybridized carbons (Fsp3) is 0.364. The Bertz CT molecular complexity index is 761. The summed E-state index contributed by atoms with van der Waals surface area (Å²) >= 11 is 2.36. The highest BCUT2D eigenvalue weighted by molar-refractivity contribution is 14.1. The molecule has 0 saturated heterocycles. The summed E-state index contributed by atoms with van der Waals surface area (Å²) in [5.41, 5.74) is 7.43. The van der Waals surface area contributed by atoms with Crippen molar-refractivity contribution in [2.45, 2.75) is 51.9 Å². The van der Waals surface area contributed by atoms with Crippen molar-refractivity contribution in [3.05, 3.63) is 79.9 Å². The van der Waals surface area contributed by atoms with E-state index in [1.807, 2.05) is 0 Å². The largest absolute Gasteiger partial charge is 0.0776 e. The first-order valence-corrected chi connectivity index (χ1v) is 9.36. The highest BCUT2D eigenvalue weighted by Crippen LogP contribution is 2.42. The van der Waals surface area contributed by atoms with E-state index in [-0.39, 0.29) is 10.8 Å². The quantitative estimate of drug-likeness (QED) is 0.397. The zero-order valence-electron chi connectivity index (χ0n) is 14.7. The Labute approximate surface area is 154 Å². The fourth-order valence-corrected chi connectivity index (χ4v) is 3.79. The molecule has 0 spiro atoms. The summed E-state index contributed by atoms with van der Waals surface area (Å²) in [6.45, 7) is 11.5. The molecule has 0 aliphatic heterocycles. The maximum Gasteiger partial charge on any atom is 0.0130 e. The van der Waals surface area contributed by atoms with Crippen LogP contribution in [0, 0.1) is 10.5 Å². The molecule has 23 heavy (non-hydrogen) atoms. The van der Waals surface area contributed by atoms with E-state index in [0.29, 0.717) is 0 Å². The zero-order valence-corrected chi connectivity index (χ0v) is 16.9. The number of fused-ring (bicyclic) bond motifs is 1. The molecular formula is C22H25I. The number of rotatable bonds is 2. The first-order chi connectivity index (χ1) is 10.7. The van der Waals surface area contributed by atoms with E-state index >= 15 is 0 Å². The minimum Gasteiger partial charge on any atom is -0.0776 e. The van der Waals surface area contributed by atoms with Crippen LogP contribution >= 0.6 is 22.6 Å². The molecule has 0 saturated carbocycles. The second-order valence-corrected chi connectivity index (χ2v) is 9.15. The number of halogens is 1. The molecule has 0 heterocycles. The monoisotopic (exact) mass is 416 g/mol. The molecule has 3 rings (SSSR count). The van der Waals surface area contributed by atoms with Gasteiger partial charge >= 0.3 is 0 Å². The summed E-state index contributed by atoms with van der Waals surface area (Å²) in [6.07, 6.45) is 5.75. The van der Waals surface area contributed by atoms with Crippen LogP contribution in [0.25, 0.3) is 0 Å². The highest BCUT2D eigenvalue weighted by Gasteiger charge is 2.33. The van der Waals surface area contributed by atoms with E-state index in [1.165, 1.54) is 31.4 Å². The normalized spacial score (nSPS) is 17.8. The Balaban J connectivity index is 2.06. The molecule has 0 unspecified atom stereocenters. The van der Waals surface area contributed by atoms with Crippen molar-refractivity contribution in [2.24, 2.45) is 0 Å². The maximum absolute atomic E-state index is 2.45. The van der Waals surface area contributed by atoms with Gasteiger partial charge in [0.1, 0.15) is 0 Å². The zero-order chi connectivity index (χ0) is 16.8. The molecule has 0 radical (unpaired) electrons. The lowest BCUT2D eigenvalue weighted by atomic mass is 9.67. The van der Waals surface area contributed by atoms with Crippen LogP contribution in [0.1, 0.15) is 55.5 Å². The minimum absolute atomic E-state index is 0.110. The van der Waals surface area contributed by atoms with Crippen molar-refractivity contribution in [3.63, 3.8) is 0 Å². The van der Waals surface area contributed by atoms with Crippen molar-refractivity contribution in [3.8, 4) is 0 Å². The van der Waals surface area contributed by atoms with Gasteiger partial charge < -0.3 is 0 Å². The second-order valence-electron chi connectivity index (χ2n) is 7.90. The number of benzene rings is 2. The number of aryl methyl sites for hydroxylation is 1. The Morgan fingerprint density at radius 1 is 0.826 bits per heavy atom. The van der Waals surface area contributed by atoms with Crippen LogP contribution in [0.3, 0.4) is 0 Å². The number of hydrogen-bond donors (Lipinski definition) is 0. The lowest BCUT2D eigenvalue weighted by Gasteiger charge is -2.37. The third-order valence-corrected chi connectivity index (χ3v) is 5.81. The van der Waals surface area contributed by atoms with E-state index < -0.39 is 0 Å². The molecule has 0 aromatic heterocycles. The van der Waals surface area contributed by atoms with E-state index in [1.54, 1.807) is 0 Å².